The molecule has 1 fully saturated rings. The van der Waals surface area contributed by atoms with Crippen molar-refractivity contribution in [2.45, 2.75) is 85.2 Å². The predicted molar refractivity (Wildman–Crippen MR) is 91.3 cm³/mol. The van der Waals surface area contributed by atoms with Gasteiger partial charge in [-0.1, -0.05) is 20.8 Å². The molecular formula is C18H35NO4. The molecule has 1 amide bonds. The highest BCUT2D eigenvalue weighted by Crippen LogP contribution is 2.25. The van der Waals surface area contributed by atoms with E-state index in [1.165, 1.54) is 6.92 Å². The number of amides is 1. The lowest BCUT2D eigenvalue weighted by atomic mass is 9.92. The van der Waals surface area contributed by atoms with E-state index in [0.29, 0.717) is 13.2 Å². The van der Waals surface area contributed by atoms with E-state index in [9.17, 15) is 4.79 Å². The summed E-state index contributed by atoms with van der Waals surface area (Å²) in [5, 5.41) is 2.93. The van der Waals surface area contributed by atoms with Gasteiger partial charge in [0.2, 0.25) is 5.91 Å². The van der Waals surface area contributed by atoms with Gasteiger partial charge in [-0.3, -0.25) is 4.79 Å². The standard InChI is InChI=1S/C18H35NO4/c1-7-17(3,4)13-21-12-10-18(5,6)23-16-15(19-14(2)20)9-8-11-22-16/h15-16H,7-13H2,1-6H3,(H,19,20). The van der Waals surface area contributed by atoms with Crippen LogP contribution in [-0.2, 0) is 19.0 Å². The van der Waals surface area contributed by atoms with Crippen LogP contribution in [0.15, 0.2) is 0 Å². The molecule has 5 heteroatoms. The lowest BCUT2D eigenvalue weighted by Gasteiger charge is -2.37. The van der Waals surface area contributed by atoms with Gasteiger partial charge in [0.1, 0.15) is 0 Å². The second kappa shape index (κ2) is 9.00. The van der Waals surface area contributed by atoms with Crippen LogP contribution in [0.1, 0.15) is 67.2 Å². The molecule has 0 aromatic heterocycles. The molecule has 1 saturated heterocycles. The summed E-state index contributed by atoms with van der Waals surface area (Å²) in [7, 11) is 0. The first-order valence-electron chi connectivity index (χ1n) is 8.79. The Kier molecular flexibility index (Phi) is 7.98. The molecule has 0 saturated carbocycles. The van der Waals surface area contributed by atoms with Crippen LogP contribution < -0.4 is 5.32 Å². The molecule has 1 rings (SSSR count). The second-order valence-corrected chi connectivity index (χ2v) is 7.89. The molecular weight excluding hydrogens is 294 g/mol. The smallest absolute Gasteiger partial charge is 0.217 e. The summed E-state index contributed by atoms with van der Waals surface area (Å²) in [4.78, 5) is 11.3. The average Bonchev–Trinajstić information content (AvgIpc) is 2.45. The van der Waals surface area contributed by atoms with E-state index in [1.54, 1.807) is 0 Å². The molecule has 2 atom stereocenters. The first-order valence-corrected chi connectivity index (χ1v) is 8.79. The Balaban J connectivity index is 2.41. The van der Waals surface area contributed by atoms with E-state index in [0.717, 1.165) is 32.3 Å². The van der Waals surface area contributed by atoms with Crippen molar-refractivity contribution in [2.75, 3.05) is 19.8 Å². The zero-order valence-electron chi connectivity index (χ0n) is 15.7. The molecule has 0 bridgehead atoms. The van der Waals surface area contributed by atoms with Crippen molar-refractivity contribution in [1.82, 2.24) is 5.32 Å². The lowest BCUT2D eigenvalue weighted by Crippen LogP contribution is -2.50. The first-order chi connectivity index (χ1) is 10.7. The van der Waals surface area contributed by atoms with Gasteiger partial charge < -0.3 is 19.5 Å². The topological polar surface area (TPSA) is 56.8 Å². The van der Waals surface area contributed by atoms with Crippen LogP contribution >= 0.6 is 0 Å². The monoisotopic (exact) mass is 329 g/mol. The summed E-state index contributed by atoms with van der Waals surface area (Å²) in [6.07, 6.45) is 3.34. The van der Waals surface area contributed by atoms with Crippen LogP contribution in [0.3, 0.4) is 0 Å². The minimum atomic E-state index is -0.380. The van der Waals surface area contributed by atoms with Crippen LogP contribution in [0, 0.1) is 5.41 Å². The van der Waals surface area contributed by atoms with Crippen molar-refractivity contribution >= 4 is 5.91 Å². The first kappa shape index (κ1) is 20.4. The second-order valence-electron chi connectivity index (χ2n) is 7.89. The minimum Gasteiger partial charge on any atom is -0.381 e. The lowest BCUT2D eigenvalue weighted by molar-refractivity contribution is -0.231. The van der Waals surface area contributed by atoms with Crippen molar-refractivity contribution in [3.05, 3.63) is 0 Å². The normalized spacial score (nSPS) is 22.9. The van der Waals surface area contributed by atoms with Crippen molar-refractivity contribution in [3.63, 3.8) is 0 Å². The van der Waals surface area contributed by atoms with Gasteiger partial charge in [0, 0.05) is 20.1 Å². The van der Waals surface area contributed by atoms with E-state index in [1.807, 2.05) is 13.8 Å². The van der Waals surface area contributed by atoms with Crippen molar-refractivity contribution in [3.8, 4) is 0 Å². The summed E-state index contributed by atoms with van der Waals surface area (Å²) >= 11 is 0. The third kappa shape index (κ3) is 8.13. The van der Waals surface area contributed by atoms with Gasteiger partial charge >= 0.3 is 0 Å². The molecule has 1 aliphatic heterocycles. The molecule has 0 aromatic carbocycles. The Bertz CT molecular complexity index is 368. The Labute approximate surface area is 141 Å². The molecule has 1 aliphatic rings. The van der Waals surface area contributed by atoms with E-state index < -0.39 is 0 Å². The summed E-state index contributed by atoms with van der Waals surface area (Å²) in [5.74, 6) is -0.0444. The fourth-order valence-corrected chi connectivity index (χ4v) is 2.41. The van der Waals surface area contributed by atoms with E-state index >= 15 is 0 Å². The Hall–Kier alpha value is -0.650. The Morgan fingerprint density at radius 2 is 2.00 bits per heavy atom. The molecule has 0 spiro atoms. The number of nitrogens with one attached hydrogen (secondary N) is 1. The number of ether oxygens (including phenoxy) is 3. The number of hydrogen-bond acceptors (Lipinski definition) is 4. The highest BCUT2D eigenvalue weighted by molar-refractivity contribution is 5.73. The fourth-order valence-electron chi connectivity index (χ4n) is 2.41. The molecule has 5 nitrogen and oxygen atoms in total. The number of hydrogen-bond donors (Lipinski definition) is 1. The summed E-state index contributed by atoms with van der Waals surface area (Å²) in [6.45, 7) is 14.3. The van der Waals surface area contributed by atoms with Gasteiger partial charge in [-0.15, -0.1) is 0 Å². The quantitative estimate of drug-likeness (QED) is 0.660. The zero-order chi connectivity index (χ0) is 17.5. The maximum atomic E-state index is 11.3. The van der Waals surface area contributed by atoms with Gasteiger partial charge in [0.15, 0.2) is 6.29 Å². The highest BCUT2D eigenvalue weighted by atomic mass is 16.7. The minimum absolute atomic E-state index is 0.0444. The Morgan fingerprint density at radius 3 is 2.61 bits per heavy atom. The van der Waals surface area contributed by atoms with E-state index in [2.05, 4.69) is 26.1 Å². The number of carbonyl (C=O) groups is 1. The largest absolute Gasteiger partial charge is 0.381 e. The summed E-state index contributed by atoms with van der Waals surface area (Å²) in [5.41, 5.74) is -0.136. The van der Waals surface area contributed by atoms with Gasteiger partial charge in [-0.25, -0.2) is 0 Å². The molecule has 0 radical (unpaired) electrons. The van der Waals surface area contributed by atoms with Crippen molar-refractivity contribution in [1.29, 1.82) is 0 Å². The third-order valence-electron chi connectivity index (χ3n) is 4.39. The fraction of sp³-hybridized carbons (Fsp3) is 0.944. The van der Waals surface area contributed by atoms with E-state index in [4.69, 9.17) is 14.2 Å². The molecule has 1 heterocycles. The van der Waals surface area contributed by atoms with Gasteiger partial charge in [0.25, 0.3) is 0 Å². The van der Waals surface area contributed by atoms with Crippen LogP contribution in [0.4, 0.5) is 0 Å². The molecule has 23 heavy (non-hydrogen) atoms. The summed E-state index contributed by atoms with van der Waals surface area (Å²) < 4.78 is 17.7. The molecule has 136 valence electrons. The van der Waals surface area contributed by atoms with Gasteiger partial charge in [-0.2, -0.15) is 0 Å². The third-order valence-corrected chi connectivity index (χ3v) is 4.39. The van der Waals surface area contributed by atoms with Crippen LogP contribution in [0.5, 0.6) is 0 Å². The van der Waals surface area contributed by atoms with Crippen molar-refractivity contribution < 1.29 is 19.0 Å². The maximum Gasteiger partial charge on any atom is 0.217 e. The average molecular weight is 329 g/mol. The van der Waals surface area contributed by atoms with Crippen LogP contribution in [0.25, 0.3) is 0 Å². The molecule has 2 unspecified atom stereocenters. The van der Waals surface area contributed by atoms with Gasteiger partial charge in [0.05, 0.1) is 18.2 Å². The highest BCUT2D eigenvalue weighted by Gasteiger charge is 2.33. The van der Waals surface area contributed by atoms with Crippen molar-refractivity contribution in [2.24, 2.45) is 5.41 Å². The van der Waals surface area contributed by atoms with Crippen LogP contribution in [0.2, 0.25) is 0 Å². The molecule has 0 aliphatic carbocycles. The Morgan fingerprint density at radius 1 is 1.30 bits per heavy atom. The number of carbonyl (C=O) groups excluding carboxylic acids is 1. The van der Waals surface area contributed by atoms with Crippen LogP contribution in [-0.4, -0.2) is 43.7 Å². The summed E-state index contributed by atoms with van der Waals surface area (Å²) in [6, 6.07) is -0.0690. The van der Waals surface area contributed by atoms with E-state index in [-0.39, 0.29) is 29.3 Å². The zero-order valence-corrected chi connectivity index (χ0v) is 15.7. The van der Waals surface area contributed by atoms with Gasteiger partial charge in [-0.05, 0) is 44.9 Å². The molecule has 0 aromatic rings. The number of rotatable bonds is 9. The SMILES string of the molecule is CCC(C)(C)COCCC(C)(C)OC1OCCCC1NC(C)=O. The molecule has 1 N–H and O–H groups in total. The maximum absolute atomic E-state index is 11.3. The predicted octanol–water partition coefficient (Wildman–Crippen LogP) is 3.27.